The summed E-state index contributed by atoms with van der Waals surface area (Å²) in [5, 5.41) is 9.02. The average Bonchev–Trinajstić information content (AvgIpc) is 3.45. The van der Waals surface area contributed by atoms with Crippen molar-refractivity contribution in [3.8, 4) is 16.4 Å². The molecule has 4 rings (SSSR count). The molecular formula is C23H20N4O3S. The molecule has 0 aliphatic carbocycles. The second kappa shape index (κ2) is 8.93. The van der Waals surface area contributed by atoms with Gasteiger partial charge in [-0.15, -0.1) is 16.4 Å². The number of nitrogens with zero attached hydrogens (tertiary/aromatic N) is 3. The molecule has 0 unspecified atom stereocenters. The molecule has 0 spiro atoms. The van der Waals surface area contributed by atoms with Gasteiger partial charge in [-0.05, 0) is 54.6 Å². The number of benzene rings is 2. The highest BCUT2D eigenvalue weighted by Crippen LogP contribution is 2.25. The molecule has 2 aromatic heterocycles. The Morgan fingerprint density at radius 2 is 1.87 bits per heavy atom. The minimum absolute atomic E-state index is 0.105. The van der Waals surface area contributed by atoms with Crippen molar-refractivity contribution < 1.29 is 14.3 Å². The third-order valence-electron chi connectivity index (χ3n) is 4.53. The highest BCUT2D eigenvalue weighted by atomic mass is 32.1. The molecule has 31 heavy (non-hydrogen) atoms. The average molecular weight is 433 g/mol. The number of para-hydroxylation sites is 1. The number of esters is 1. The van der Waals surface area contributed by atoms with Gasteiger partial charge in [0.25, 0.3) is 11.7 Å². The number of nitrogens with one attached hydrogen (secondary N) is 1. The molecule has 2 aromatic carbocycles. The Morgan fingerprint density at radius 3 is 2.61 bits per heavy atom. The summed E-state index contributed by atoms with van der Waals surface area (Å²) in [6.07, 6.45) is 0. The van der Waals surface area contributed by atoms with Crippen molar-refractivity contribution in [3.05, 3.63) is 83.0 Å². The minimum atomic E-state index is -0.761. The van der Waals surface area contributed by atoms with Gasteiger partial charge in [-0.2, -0.15) is 4.98 Å². The molecular weight excluding hydrogens is 412 g/mol. The summed E-state index contributed by atoms with van der Waals surface area (Å²) in [7, 11) is 0. The van der Waals surface area contributed by atoms with Gasteiger partial charge < -0.3 is 10.1 Å². The zero-order chi connectivity index (χ0) is 21.8. The van der Waals surface area contributed by atoms with E-state index in [1.807, 2.05) is 79.9 Å². The second-order valence-electron chi connectivity index (χ2n) is 6.93. The van der Waals surface area contributed by atoms with Crippen molar-refractivity contribution in [2.75, 3.05) is 11.9 Å². The molecule has 0 saturated heterocycles. The maximum absolute atomic E-state index is 12.6. The summed E-state index contributed by atoms with van der Waals surface area (Å²) in [6.45, 7) is 3.41. The predicted octanol–water partition coefficient (Wildman–Crippen LogP) is 4.41. The normalized spacial score (nSPS) is 10.6. The van der Waals surface area contributed by atoms with Crippen LogP contribution in [0.2, 0.25) is 0 Å². The molecule has 0 saturated carbocycles. The minimum Gasteiger partial charge on any atom is -0.450 e. The Morgan fingerprint density at radius 1 is 1.06 bits per heavy atom. The molecule has 1 amide bonds. The number of hydrogen-bond acceptors (Lipinski definition) is 6. The van der Waals surface area contributed by atoms with Crippen LogP contribution < -0.4 is 5.32 Å². The fourth-order valence-electron chi connectivity index (χ4n) is 2.97. The first-order valence-electron chi connectivity index (χ1n) is 9.62. The van der Waals surface area contributed by atoms with Crippen LogP contribution in [-0.4, -0.2) is 33.2 Å². The van der Waals surface area contributed by atoms with Crippen LogP contribution in [-0.2, 0) is 9.53 Å². The number of carbonyl (C=O) groups is 2. The fraction of sp³-hybridized carbons (Fsp3) is 0.130. The van der Waals surface area contributed by atoms with Crippen LogP contribution in [0.3, 0.4) is 0 Å². The van der Waals surface area contributed by atoms with Crippen LogP contribution in [0.15, 0.2) is 66.0 Å². The zero-order valence-corrected chi connectivity index (χ0v) is 17.8. The van der Waals surface area contributed by atoms with E-state index < -0.39 is 18.5 Å². The van der Waals surface area contributed by atoms with Gasteiger partial charge >= 0.3 is 5.97 Å². The number of ether oxygens (including phenoxy) is 1. The lowest BCUT2D eigenvalue weighted by atomic mass is 10.1. The van der Waals surface area contributed by atoms with Crippen molar-refractivity contribution in [2.45, 2.75) is 13.8 Å². The topological polar surface area (TPSA) is 86.1 Å². The predicted molar refractivity (Wildman–Crippen MR) is 120 cm³/mol. The van der Waals surface area contributed by atoms with E-state index in [-0.39, 0.29) is 5.82 Å². The number of rotatable bonds is 6. The molecule has 7 nitrogen and oxygen atoms in total. The van der Waals surface area contributed by atoms with Crippen LogP contribution in [0.4, 0.5) is 5.69 Å². The Hall–Kier alpha value is -3.78. The summed E-state index contributed by atoms with van der Waals surface area (Å²) < 4.78 is 6.76. The van der Waals surface area contributed by atoms with Crippen molar-refractivity contribution in [3.63, 3.8) is 0 Å². The second-order valence-corrected chi connectivity index (χ2v) is 7.87. The van der Waals surface area contributed by atoms with E-state index in [4.69, 9.17) is 4.74 Å². The lowest BCUT2D eigenvalue weighted by Gasteiger charge is -2.09. The number of anilines is 1. The molecule has 156 valence electrons. The van der Waals surface area contributed by atoms with Crippen LogP contribution >= 0.6 is 11.3 Å². The third kappa shape index (κ3) is 4.70. The summed E-state index contributed by atoms with van der Waals surface area (Å²) >= 11 is 1.49. The van der Waals surface area contributed by atoms with E-state index in [0.717, 1.165) is 21.7 Å². The first kappa shape index (κ1) is 20.5. The summed E-state index contributed by atoms with van der Waals surface area (Å²) in [5.74, 6) is -0.758. The number of amides is 1. The van der Waals surface area contributed by atoms with Crippen molar-refractivity contribution in [1.29, 1.82) is 0 Å². The van der Waals surface area contributed by atoms with Gasteiger partial charge in [0.1, 0.15) is 0 Å². The van der Waals surface area contributed by atoms with Crippen LogP contribution in [0.5, 0.6) is 0 Å². The van der Waals surface area contributed by atoms with Gasteiger partial charge in [0.15, 0.2) is 12.4 Å². The highest BCUT2D eigenvalue weighted by Gasteiger charge is 2.21. The molecule has 0 aliphatic heterocycles. The highest BCUT2D eigenvalue weighted by molar-refractivity contribution is 7.13. The van der Waals surface area contributed by atoms with Gasteiger partial charge in [-0.25, -0.2) is 9.48 Å². The zero-order valence-electron chi connectivity index (χ0n) is 17.0. The first-order chi connectivity index (χ1) is 15.0. The van der Waals surface area contributed by atoms with E-state index >= 15 is 0 Å². The Bertz CT molecular complexity index is 1220. The number of carbonyl (C=O) groups excluding carboxylic acids is 2. The first-order valence-corrected chi connectivity index (χ1v) is 10.5. The van der Waals surface area contributed by atoms with Crippen molar-refractivity contribution in [2.24, 2.45) is 0 Å². The maximum Gasteiger partial charge on any atom is 0.378 e. The van der Waals surface area contributed by atoms with Crippen LogP contribution in [0.25, 0.3) is 16.4 Å². The largest absolute Gasteiger partial charge is 0.450 e. The van der Waals surface area contributed by atoms with Gasteiger partial charge in [0, 0.05) is 5.69 Å². The summed E-state index contributed by atoms with van der Waals surface area (Å²) in [5.41, 5.74) is 3.40. The van der Waals surface area contributed by atoms with E-state index in [2.05, 4.69) is 15.4 Å². The van der Waals surface area contributed by atoms with Crippen molar-refractivity contribution in [1.82, 2.24) is 14.8 Å². The molecule has 0 aliphatic rings. The van der Waals surface area contributed by atoms with Gasteiger partial charge in [-0.3, -0.25) is 4.79 Å². The molecule has 0 fully saturated rings. The molecule has 0 radical (unpaired) electrons. The van der Waals surface area contributed by atoms with Gasteiger partial charge in [0.2, 0.25) is 0 Å². The van der Waals surface area contributed by atoms with E-state index in [9.17, 15) is 9.59 Å². The van der Waals surface area contributed by atoms with Gasteiger partial charge in [0.05, 0.1) is 10.6 Å². The van der Waals surface area contributed by atoms with Crippen molar-refractivity contribution >= 4 is 28.9 Å². The lowest BCUT2D eigenvalue weighted by Crippen LogP contribution is -2.22. The summed E-state index contributed by atoms with van der Waals surface area (Å²) in [6, 6.07) is 19.0. The van der Waals surface area contributed by atoms with Crippen LogP contribution in [0, 0.1) is 13.8 Å². The number of thiophene rings is 1. The lowest BCUT2D eigenvalue weighted by molar-refractivity contribution is -0.119. The SMILES string of the molecule is Cc1ccc(C)c(NC(=O)COC(=O)c2nc(-c3cccs3)n(-c3ccccc3)n2)c1. The smallest absolute Gasteiger partial charge is 0.378 e. The number of aromatic nitrogens is 3. The molecule has 8 heteroatoms. The molecule has 0 atom stereocenters. The number of aryl methyl sites for hydroxylation is 2. The molecule has 4 aromatic rings. The monoisotopic (exact) mass is 432 g/mol. The quantitative estimate of drug-likeness (QED) is 0.456. The number of hydrogen-bond donors (Lipinski definition) is 1. The Balaban J connectivity index is 1.50. The molecule has 0 bridgehead atoms. The van der Waals surface area contributed by atoms with E-state index in [1.165, 1.54) is 11.3 Å². The maximum atomic E-state index is 12.6. The standard InChI is InChI=1S/C23H20N4O3S/c1-15-10-11-16(2)18(13-15)24-20(28)14-30-23(29)21-25-22(19-9-6-12-31-19)27(26-21)17-7-4-3-5-8-17/h3-13H,14H2,1-2H3,(H,24,28). The van der Waals surface area contributed by atoms with Gasteiger partial charge in [-0.1, -0.05) is 36.4 Å². The van der Waals surface area contributed by atoms with E-state index in [0.29, 0.717) is 11.5 Å². The Labute approximate surface area is 183 Å². The molecule has 1 N–H and O–H groups in total. The Kier molecular flexibility index (Phi) is 5.90. The van der Waals surface area contributed by atoms with E-state index in [1.54, 1.807) is 4.68 Å². The third-order valence-corrected chi connectivity index (χ3v) is 5.40. The fourth-order valence-corrected chi connectivity index (χ4v) is 3.66. The molecule has 2 heterocycles. The van der Waals surface area contributed by atoms with Crippen LogP contribution in [0.1, 0.15) is 21.7 Å². The summed E-state index contributed by atoms with van der Waals surface area (Å²) in [4.78, 5) is 30.0.